The second kappa shape index (κ2) is 13.4. The molecule has 3 heteroatoms. The van der Waals surface area contributed by atoms with Crippen LogP contribution in [-0.4, -0.2) is 15.0 Å². The molecule has 10 rings (SSSR count). The topological polar surface area (TPSA) is 38.7 Å². The monoisotopic (exact) mass is 687 g/mol. The molecule has 0 aliphatic rings. The highest BCUT2D eigenvalue weighted by Crippen LogP contribution is 2.44. The van der Waals surface area contributed by atoms with Crippen molar-refractivity contribution in [2.45, 2.75) is 0 Å². The highest BCUT2D eigenvalue weighted by molar-refractivity contribution is 6.21. The molecule has 2 heterocycles. The molecule has 0 amide bonds. The fraction of sp³-hybridized carbons (Fsp3) is 0. The molecule has 0 bridgehead atoms. The van der Waals surface area contributed by atoms with E-state index in [1.54, 1.807) is 0 Å². The third kappa shape index (κ3) is 5.69. The minimum Gasteiger partial charge on any atom is -0.256 e. The van der Waals surface area contributed by atoms with Crippen molar-refractivity contribution in [2.24, 2.45) is 0 Å². The Bertz CT molecular complexity index is 2910. The van der Waals surface area contributed by atoms with Gasteiger partial charge in [-0.25, -0.2) is 9.97 Å². The minimum absolute atomic E-state index is 0.684. The summed E-state index contributed by atoms with van der Waals surface area (Å²) in [4.78, 5) is 14.9. The van der Waals surface area contributed by atoms with Crippen molar-refractivity contribution in [1.29, 1.82) is 0 Å². The van der Waals surface area contributed by atoms with Crippen molar-refractivity contribution >= 4 is 32.3 Å². The fourth-order valence-corrected chi connectivity index (χ4v) is 7.74. The second-order valence-corrected chi connectivity index (χ2v) is 13.6. The third-order valence-electron chi connectivity index (χ3n) is 10.3. The molecule has 0 saturated heterocycles. The number of fused-ring (bicyclic) bond motifs is 3. The molecule has 0 aliphatic carbocycles. The van der Waals surface area contributed by atoms with Crippen LogP contribution in [0.1, 0.15) is 0 Å². The van der Waals surface area contributed by atoms with Crippen molar-refractivity contribution in [3.63, 3.8) is 0 Å². The Kier molecular flexibility index (Phi) is 7.81. The van der Waals surface area contributed by atoms with E-state index in [9.17, 15) is 0 Å². The van der Waals surface area contributed by atoms with Crippen LogP contribution in [-0.2, 0) is 0 Å². The highest BCUT2D eigenvalue weighted by atomic mass is 14.9. The summed E-state index contributed by atoms with van der Waals surface area (Å²) in [6.45, 7) is 0. The third-order valence-corrected chi connectivity index (χ3v) is 10.3. The number of rotatable bonds is 6. The average Bonchev–Trinajstić information content (AvgIpc) is 3.26. The van der Waals surface area contributed by atoms with Gasteiger partial charge in [0.2, 0.25) is 0 Å². The molecule has 0 spiro atoms. The zero-order chi connectivity index (χ0) is 35.8. The fourth-order valence-electron chi connectivity index (χ4n) is 7.74. The Labute approximate surface area is 313 Å². The molecule has 2 aromatic heterocycles. The molecule has 0 N–H and O–H groups in total. The Morgan fingerprint density at radius 3 is 1.39 bits per heavy atom. The summed E-state index contributed by atoms with van der Waals surface area (Å²) in [6, 6.07) is 68.6. The molecule has 252 valence electrons. The number of aromatic nitrogens is 3. The zero-order valence-corrected chi connectivity index (χ0v) is 29.4. The van der Waals surface area contributed by atoms with Crippen molar-refractivity contribution < 1.29 is 0 Å². The van der Waals surface area contributed by atoms with E-state index < -0.39 is 0 Å². The van der Waals surface area contributed by atoms with Crippen LogP contribution in [0.15, 0.2) is 200 Å². The minimum atomic E-state index is 0.684. The van der Waals surface area contributed by atoms with Gasteiger partial charge in [-0.15, -0.1) is 0 Å². The van der Waals surface area contributed by atoms with Gasteiger partial charge in [-0.05, 0) is 84.9 Å². The Hall–Kier alpha value is -7.23. The molecule has 0 radical (unpaired) electrons. The Balaban J connectivity index is 1.14. The number of hydrogen-bond donors (Lipinski definition) is 0. The van der Waals surface area contributed by atoms with Crippen LogP contribution in [0, 0.1) is 0 Å². The van der Waals surface area contributed by atoms with Crippen molar-refractivity contribution in [2.75, 3.05) is 0 Å². The van der Waals surface area contributed by atoms with Gasteiger partial charge >= 0.3 is 0 Å². The van der Waals surface area contributed by atoms with Gasteiger partial charge < -0.3 is 0 Å². The molecule has 0 atom stereocenters. The lowest BCUT2D eigenvalue weighted by Gasteiger charge is -2.18. The smallest absolute Gasteiger partial charge is 0.160 e. The maximum atomic E-state index is 5.21. The summed E-state index contributed by atoms with van der Waals surface area (Å²) >= 11 is 0. The van der Waals surface area contributed by atoms with Gasteiger partial charge in [0.25, 0.3) is 0 Å². The van der Waals surface area contributed by atoms with Crippen LogP contribution in [0.4, 0.5) is 0 Å². The predicted octanol–water partition coefficient (Wildman–Crippen LogP) is 13.3. The molecule has 0 fully saturated rings. The van der Waals surface area contributed by atoms with Crippen LogP contribution >= 0.6 is 0 Å². The normalized spacial score (nSPS) is 11.3. The first kappa shape index (κ1) is 31.5. The van der Waals surface area contributed by atoms with Crippen LogP contribution in [0.5, 0.6) is 0 Å². The van der Waals surface area contributed by atoms with Crippen molar-refractivity contribution in [3.8, 4) is 67.4 Å². The number of nitrogens with zero attached hydrogens (tertiary/aromatic N) is 3. The van der Waals surface area contributed by atoms with Gasteiger partial charge in [-0.3, -0.25) is 4.98 Å². The molecule has 3 nitrogen and oxygen atoms in total. The average molecular weight is 688 g/mol. The first-order chi connectivity index (χ1) is 26.8. The molecular weight excluding hydrogens is 655 g/mol. The van der Waals surface area contributed by atoms with Crippen LogP contribution < -0.4 is 0 Å². The Morgan fingerprint density at radius 1 is 0.278 bits per heavy atom. The van der Waals surface area contributed by atoms with E-state index in [1.165, 1.54) is 49.0 Å². The first-order valence-electron chi connectivity index (χ1n) is 18.3. The summed E-state index contributed by atoms with van der Waals surface area (Å²) < 4.78 is 0. The largest absolute Gasteiger partial charge is 0.256 e. The van der Waals surface area contributed by atoms with Gasteiger partial charge in [0.15, 0.2) is 5.82 Å². The van der Waals surface area contributed by atoms with Crippen LogP contribution in [0.2, 0.25) is 0 Å². The van der Waals surface area contributed by atoms with Gasteiger partial charge in [0.05, 0.1) is 17.1 Å². The molecule has 0 aliphatic heterocycles. The van der Waals surface area contributed by atoms with E-state index in [0.29, 0.717) is 5.82 Å². The molecule has 0 saturated carbocycles. The van der Waals surface area contributed by atoms with Crippen molar-refractivity contribution in [3.05, 3.63) is 200 Å². The lowest BCUT2D eigenvalue weighted by atomic mass is 9.85. The van der Waals surface area contributed by atoms with Gasteiger partial charge in [-0.2, -0.15) is 0 Å². The van der Waals surface area contributed by atoms with Gasteiger partial charge in [0, 0.05) is 28.5 Å². The summed E-state index contributed by atoms with van der Waals surface area (Å²) in [6.07, 6.45) is 1.82. The number of hydrogen-bond acceptors (Lipinski definition) is 3. The van der Waals surface area contributed by atoms with Crippen molar-refractivity contribution in [1.82, 2.24) is 15.0 Å². The number of pyridine rings is 1. The van der Waals surface area contributed by atoms with E-state index in [0.717, 1.165) is 44.9 Å². The van der Waals surface area contributed by atoms with E-state index >= 15 is 0 Å². The highest BCUT2D eigenvalue weighted by Gasteiger charge is 2.18. The quantitative estimate of drug-likeness (QED) is 0.163. The van der Waals surface area contributed by atoms with Gasteiger partial charge in [-0.1, -0.05) is 164 Å². The van der Waals surface area contributed by atoms with E-state index in [-0.39, 0.29) is 0 Å². The summed E-state index contributed by atoms with van der Waals surface area (Å²) in [5.41, 5.74) is 11.6. The zero-order valence-electron chi connectivity index (χ0n) is 29.4. The maximum Gasteiger partial charge on any atom is 0.160 e. The van der Waals surface area contributed by atoms with Crippen LogP contribution in [0.25, 0.3) is 99.7 Å². The SMILES string of the molecule is c1ccc(-c2cc(-c3ccc(-c4ccccn4)cc3)nc(-c3cccc(-c4c5ccccc5c(-c5ccc6ccccc6c5)c5ccccc45)c3)n2)cc1. The molecular formula is C51H33N3. The maximum absolute atomic E-state index is 5.21. The molecule has 8 aromatic carbocycles. The number of benzene rings is 8. The van der Waals surface area contributed by atoms with E-state index in [4.69, 9.17) is 9.97 Å². The standard InChI is InChI=1S/C51H33N3/c1-2-14-35(15-3-1)47-33-48(37-27-25-36(26-28-37)46-23-10-11-30-52-46)54-51(53-47)41-18-12-17-39(32-41)49-42-19-6-8-21-44(42)50(45-22-9-7-20-43(45)49)40-29-24-34-13-4-5-16-38(34)31-40/h1-33H. The Morgan fingerprint density at radius 2 is 0.759 bits per heavy atom. The second-order valence-electron chi connectivity index (χ2n) is 13.6. The summed E-state index contributed by atoms with van der Waals surface area (Å²) in [7, 11) is 0. The van der Waals surface area contributed by atoms with Crippen LogP contribution in [0.3, 0.4) is 0 Å². The first-order valence-corrected chi connectivity index (χ1v) is 18.3. The van der Waals surface area contributed by atoms with Gasteiger partial charge in [0.1, 0.15) is 0 Å². The summed E-state index contributed by atoms with van der Waals surface area (Å²) in [5, 5.41) is 7.36. The molecule has 0 unspecified atom stereocenters. The molecule has 54 heavy (non-hydrogen) atoms. The molecule has 10 aromatic rings. The van der Waals surface area contributed by atoms with E-state index in [2.05, 4.69) is 175 Å². The summed E-state index contributed by atoms with van der Waals surface area (Å²) in [5.74, 6) is 0.684. The predicted molar refractivity (Wildman–Crippen MR) is 225 cm³/mol. The lowest BCUT2D eigenvalue weighted by Crippen LogP contribution is -1.96. The van der Waals surface area contributed by atoms with E-state index in [1.807, 2.05) is 30.5 Å². The lowest BCUT2D eigenvalue weighted by molar-refractivity contribution is 1.18.